The summed E-state index contributed by atoms with van der Waals surface area (Å²) in [5, 5.41) is 7.76. The number of fused-ring (bicyclic) bond motifs is 1. The van der Waals surface area contributed by atoms with E-state index in [0.29, 0.717) is 0 Å². The van der Waals surface area contributed by atoms with Gasteiger partial charge in [0.1, 0.15) is 0 Å². The van der Waals surface area contributed by atoms with Crippen molar-refractivity contribution in [1.29, 1.82) is 0 Å². The molecule has 0 aromatic heterocycles. The molecule has 1 aromatic carbocycles. The van der Waals surface area contributed by atoms with Crippen molar-refractivity contribution in [2.75, 3.05) is 0 Å². The molecule has 1 aliphatic carbocycles. The fourth-order valence-corrected chi connectivity index (χ4v) is 1.90. The molecule has 15 heavy (non-hydrogen) atoms. The van der Waals surface area contributed by atoms with E-state index in [9.17, 15) is 0 Å². The number of nitrogens with two attached hydrogens (primary N) is 2. The van der Waals surface area contributed by atoms with Gasteiger partial charge in [-0.2, -0.15) is 5.10 Å². The summed E-state index contributed by atoms with van der Waals surface area (Å²) in [4.78, 5) is 0. The molecule has 1 aromatic rings. The number of benzene rings is 1. The molecule has 4 nitrogen and oxygen atoms in total. The molecular weight excluding hydrogens is 188 g/mol. The van der Waals surface area contributed by atoms with E-state index in [1.54, 1.807) is 0 Å². The maximum atomic E-state index is 5.24. The highest BCUT2D eigenvalue weighted by Gasteiger charge is 2.18. The summed E-state index contributed by atoms with van der Waals surface area (Å²) in [5.41, 5.74) is 15.3. The summed E-state index contributed by atoms with van der Waals surface area (Å²) in [6.45, 7) is 2.11. The first-order valence-electron chi connectivity index (χ1n) is 4.93. The molecule has 1 aliphatic rings. The molecule has 4 N–H and O–H groups in total. The van der Waals surface area contributed by atoms with Crippen LogP contribution in [-0.2, 0) is 6.42 Å². The Hall–Kier alpha value is -1.84. The number of guanidine groups is 1. The molecule has 78 valence electrons. The lowest BCUT2D eigenvalue weighted by Gasteiger charge is -2.01. The van der Waals surface area contributed by atoms with Crippen molar-refractivity contribution >= 4 is 11.7 Å². The highest BCUT2D eigenvalue weighted by Crippen LogP contribution is 2.25. The predicted octanol–water partition coefficient (Wildman–Crippen LogP) is 0.919. The van der Waals surface area contributed by atoms with E-state index in [1.165, 1.54) is 16.7 Å². The molecule has 0 amide bonds. The van der Waals surface area contributed by atoms with E-state index in [-0.39, 0.29) is 5.96 Å². The van der Waals surface area contributed by atoms with E-state index in [2.05, 4.69) is 29.3 Å². The highest BCUT2D eigenvalue weighted by atomic mass is 15.3. The van der Waals surface area contributed by atoms with Crippen LogP contribution in [0.2, 0.25) is 0 Å². The minimum atomic E-state index is 0.00334. The molecule has 0 bridgehead atoms. The lowest BCUT2D eigenvalue weighted by atomic mass is 10.0. The number of rotatable bonds is 1. The van der Waals surface area contributed by atoms with Gasteiger partial charge in [0, 0.05) is 5.56 Å². The lowest BCUT2D eigenvalue weighted by molar-refractivity contribution is 1.06. The zero-order chi connectivity index (χ0) is 10.8. The van der Waals surface area contributed by atoms with Gasteiger partial charge in [0.15, 0.2) is 0 Å². The van der Waals surface area contributed by atoms with Crippen molar-refractivity contribution in [2.24, 2.45) is 21.7 Å². The minimum Gasteiger partial charge on any atom is -0.369 e. The molecule has 0 fully saturated rings. The third-order valence-corrected chi connectivity index (χ3v) is 2.62. The van der Waals surface area contributed by atoms with Gasteiger partial charge < -0.3 is 11.5 Å². The topological polar surface area (TPSA) is 76.8 Å². The fourth-order valence-electron chi connectivity index (χ4n) is 1.90. The van der Waals surface area contributed by atoms with Crippen LogP contribution < -0.4 is 11.5 Å². The number of hydrogen-bond acceptors (Lipinski definition) is 2. The molecular formula is C11H14N4. The highest BCUT2D eigenvalue weighted by molar-refractivity contribution is 6.05. The molecule has 0 saturated heterocycles. The summed E-state index contributed by atoms with van der Waals surface area (Å²) in [6.07, 6.45) is 1.94. The van der Waals surface area contributed by atoms with Gasteiger partial charge in [-0.15, -0.1) is 5.10 Å². The van der Waals surface area contributed by atoms with E-state index >= 15 is 0 Å². The molecule has 0 radical (unpaired) electrons. The van der Waals surface area contributed by atoms with Crippen molar-refractivity contribution < 1.29 is 0 Å². The van der Waals surface area contributed by atoms with Crippen LogP contribution in [-0.4, -0.2) is 11.7 Å². The Balaban J connectivity index is 2.41. The molecule has 0 saturated carbocycles. The number of hydrogen-bond donors (Lipinski definition) is 2. The Morgan fingerprint density at radius 3 is 2.80 bits per heavy atom. The third-order valence-electron chi connectivity index (χ3n) is 2.62. The van der Waals surface area contributed by atoms with Crippen molar-refractivity contribution in [3.63, 3.8) is 0 Å². The van der Waals surface area contributed by atoms with Crippen LogP contribution in [0.3, 0.4) is 0 Å². The maximum absolute atomic E-state index is 5.24. The SMILES string of the molecule is Cc1cccc2c1CC/C2=N\N=C(N)N. The van der Waals surface area contributed by atoms with Crippen LogP contribution >= 0.6 is 0 Å². The van der Waals surface area contributed by atoms with Crippen LogP contribution in [0.1, 0.15) is 23.1 Å². The summed E-state index contributed by atoms with van der Waals surface area (Å²) >= 11 is 0. The van der Waals surface area contributed by atoms with Crippen LogP contribution in [0.4, 0.5) is 0 Å². The van der Waals surface area contributed by atoms with E-state index in [4.69, 9.17) is 11.5 Å². The first-order valence-corrected chi connectivity index (χ1v) is 4.93. The fraction of sp³-hybridized carbons (Fsp3) is 0.273. The average molecular weight is 202 g/mol. The van der Waals surface area contributed by atoms with Crippen LogP contribution in [0.25, 0.3) is 0 Å². The molecule has 0 aliphatic heterocycles. The van der Waals surface area contributed by atoms with Crippen molar-refractivity contribution in [3.8, 4) is 0 Å². The zero-order valence-electron chi connectivity index (χ0n) is 8.70. The Morgan fingerprint density at radius 2 is 2.07 bits per heavy atom. The van der Waals surface area contributed by atoms with Gasteiger partial charge in [0.05, 0.1) is 5.71 Å². The largest absolute Gasteiger partial charge is 0.369 e. The van der Waals surface area contributed by atoms with Gasteiger partial charge in [-0.25, -0.2) is 0 Å². The Morgan fingerprint density at radius 1 is 1.27 bits per heavy atom. The van der Waals surface area contributed by atoms with Gasteiger partial charge in [-0.1, -0.05) is 18.2 Å². The second-order valence-electron chi connectivity index (χ2n) is 3.67. The quantitative estimate of drug-likeness (QED) is 0.403. The predicted molar refractivity (Wildman–Crippen MR) is 61.8 cm³/mol. The smallest absolute Gasteiger partial charge is 0.211 e. The Bertz CT molecular complexity index is 442. The standard InChI is InChI=1S/C11H14N4/c1-7-3-2-4-9-8(7)5-6-10(9)14-15-11(12)13/h2-4H,5-6H2,1H3,(H4,12,13,15)/b14-10+. The van der Waals surface area contributed by atoms with Gasteiger partial charge in [0.25, 0.3) is 0 Å². The van der Waals surface area contributed by atoms with Gasteiger partial charge >= 0.3 is 0 Å². The first kappa shape index (κ1) is 9.71. The molecule has 0 unspecified atom stereocenters. The summed E-state index contributed by atoms with van der Waals surface area (Å²) < 4.78 is 0. The number of aryl methyl sites for hydroxylation is 1. The van der Waals surface area contributed by atoms with Crippen molar-refractivity contribution in [2.45, 2.75) is 19.8 Å². The van der Waals surface area contributed by atoms with Gasteiger partial charge in [-0.3, -0.25) is 0 Å². The molecule has 0 heterocycles. The summed E-state index contributed by atoms with van der Waals surface area (Å²) in [6, 6.07) is 6.21. The molecule has 0 atom stereocenters. The average Bonchev–Trinajstić information content (AvgIpc) is 2.59. The van der Waals surface area contributed by atoms with Crippen molar-refractivity contribution in [3.05, 3.63) is 34.9 Å². The number of nitrogens with zero attached hydrogens (tertiary/aromatic N) is 2. The monoisotopic (exact) mass is 202 g/mol. The lowest BCUT2D eigenvalue weighted by Crippen LogP contribution is -2.22. The zero-order valence-corrected chi connectivity index (χ0v) is 8.70. The van der Waals surface area contributed by atoms with Crippen LogP contribution in [0.5, 0.6) is 0 Å². The van der Waals surface area contributed by atoms with Gasteiger partial charge in [0.2, 0.25) is 5.96 Å². The van der Waals surface area contributed by atoms with E-state index < -0.39 is 0 Å². The second-order valence-corrected chi connectivity index (χ2v) is 3.67. The summed E-state index contributed by atoms with van der Waals surface area (Å²) in [7, 11) is 0. The molecule has 4 heteroatoms. The third kappa shape index (κ3) is 1.83. The molecule has 0 spiro atoms. The van der Waals surface area contributed by atoms with Crippen LogP contribution in [0, 0.1) is 6.92 Å². The Labute approximate surface area is 88.7 Å². The normalized spacial score (nSPS) is 16.5. The van der Waals surface area contributed by atoms with E-state index in [0.717, 1.165) is 18.6 Å². The Kier molecular flexibility index (Phi) is 2.41. The van der Waals surface area contributed by atoms with Crippen LogP contribution in [0.15, 0.2) is 28.4 Å². The van der Waals surface area contributed by atoms with Crippen molar-refractivity contribution in [1.82, 2.24) is 0 Å². The first-order chi connectivity index (χ1) is 7.18. The molecule has 2 rings (SSSR count). The second kappa shape index (κ2) is 3.73. The van der Waals surface area contributed by atoms with Gasteiger partial charge in [-0.05, 0) is 30.9 Å². The van der Waals surface area contributed by atoms with E-state index in [1.807, 2.05) is 6.07 Å². The summed E-state index contributed by atoms with van der Waals surface area (Å²) in [5.74, 6) is 0.00334. The minimum absolute atomic E-state index is 0.00334. The maximum Gasteiger partial charge on any atom is 0.211 e.